The summed E-state index contributed by atoms with van der Waals surface area (Å²) in [6.45, 7) is 4.66. The summed E-state index contributed by atoms with van der Waals surface area (Å²) in [6, 6.07) is 35.7. The van der Waals surface area contributed by atoms with E-state index in [4.69, 9.17) is 0 Å². The van der Waals surface area contributed by atoms with Crippen LogP contribution in [0.2, 0.25) is 0 Å². The highest BCUT2D eigenvalue weighted by Gasteiger charge is 2.35. The molecular formula is C35H29N. The highest BCUT2D eigenvalue weighted by molar-refractivity contribution is 6.02. The molecule has 1 heteroatoms. The van der Waals surface area contributed by atoms with Crippen LogP contribution in [0.5, 0.6) is 0 Å². The molecule has 0 radical (unpaired) electrons. The number of allylic oxidation sites excluding steroid dienone is 1. The van der Waals surface area contributed by atoms with Crippen LogP contribution in [0.4, 0.5) is 11.4 Å². The lowest BCUT2D eigenvalue weighted by atomic mass is 9.82. The Bertz CT molecular complexity index is 1670. The number of aryl methyl sites for hydroxylation is 1. The minimum Gasteiger partial charge on any atom is -0.356 e. The lowest BCUT2D eigenvalue weighted by Crippen LogP contribution is -2.15. The molecule has 0 aliphatic heterocycles. The summed E-state index contributed by atoms with van der Waals surface area (Å²) in [5, 5.41) is 6.33. The fourth-order valence-corrected chi connectivity index (χ4v) is 6.22. The van der Waals surface area contributed by atoms with Crippen molar-refractivity contribution in [3.8, 4) is 22.3 Å². The first kappa shape index (κ1) is 21.2. The number of anilines is 2. The van der Waals surface area contributed by atoms with E-state index in [1.165, 1.54) is 55.3 Å². The Kier molecular flexibility index (Phi) is 4.69. The van der Waals surface area contributed by atoms with Gasteiger partial charge in [0.15, 0.2) is 0 Å². The maximum absolute atomic E-state index is 3.65. The van der Waals surface area contributed by atoms with Gasteiger partial charge in [0, 0.05) is 16.8 Å². The Morgan fingerprint density at radius 2 is 1.36 bits per heavy atom. The van der Waals surface area contributed by atoms with E-state index in [0.717, 1.165) is 24.2 Å². The van der Waals surface area contributed by atoms with Gasteiger partial charge in [-0.3, -0.25) is 0 Å². The molecule has 0 fully saturated rings. The molecule has 0 heterocycles. The first-order valence-corrected chi connectivity index (χ1v) is 12.9. The lowest BCUT2D eigenvalue weighted by Gasteiger charge is -2.22. The molecule has 0 saturated heterocycles. The first-order valence-electron chi connectivity index (χ1n) is 12.9. The average Bonchev–Trinajstić information content (AvgIpc) is 3.15. The van der Waals surface area contributed by atoms with Gasteiger partial charge in [0.2, 0.25) is 0 Å². The van der Waals surface area contributed by atoms with Crippen LogP contribution in [0.1, 0.15) is 42.5 Å². The Labute approximate surface area is 213 Å². The van der Waals surface area contributed by atoms with Crippen LogP contribution in [0.3, 0.4) is 0 Å². The SMILES string of the molecule is CC1(C)c2ccccc2-c2ccc(Nc3ccc(-c4cc5c(c6ccccc46)C=CCC5)cc3)cc21. The number of hydrogen-bond acceptors (Lipinski definition) is 1. The fraction of sp³-hybridized carbons (Fsp3) is 0.143. The van der Waals surface area contributed by atoms with E-state index in [-0.39, 0.29) is 5.41 Å². The van der Waals surface area contributed by atoms with Crippen LogP contribution in [0, 0.1) is 0 Å². The number of rotatable bonds is 3. The number of benzene rings is 5. The highest BCUT2D eigenvalue weighted by atomic mass is 14.9. The summed E-state index contributed by atoms with van der Waals surface area (Å²) in [6.07, 6.45) is 6.83. The zero-order valence-corrected chi connectivity index (χ0v) is 20.8. The van der Waals surface area contributed by atoms with Crippen LogP contribution in [-0.4, -0.2) is 0 Å². The van der Waals surface area contributed by atoms with Crippen molar-refractivity contribution in [3.63, 3.8) is 0 Å². The Morgan fingerprint density at radius 1 is 0.639 bits per heavy atom. The van der Waals surface area contributed by atoms with E-state index >= 15 is 0 Å². The first-order chi connectivity index (χ1) is 17.6. The predicted molar refractivity (Wildman–Crippen MR) is 154 cm³/mol. The van der Waals surface area contributed by atoms with Gasteiger partial charge in [0.25, 0.3) is 0 Å². The van der Waals surface area contributed by atoms with Crippen molar-refractivity contribution in [2.45, 2.75) is 32.1 Å². The molecule has 7 rings (SSSR count). The van der Waals surface area contributed by atoms with E-state index < -0.39 is 0 Å². The van der Waals surface area contributed by atoms with Crippen LogP contribution >= 0.6 is 0 Å². The third-order valence-electron chi connectivity index (χ3n) is 8.10. The number of fused-ring (bicyclic) bond motifs is 6. The monoisotopic (exact) mass is 463 g/mol. The molecule has 0 saturated carbocycles. The second-order valence-corrected chi connectivity index (χ2v) is 10.6. The van der Waals surface area contributed by atoms with Crippen molar-refractivity contribution in [2.75, 3.05) is 5.32 Å². The largest absolute Gasteiger partial charge is 0.356 e. The van der Waals surface area contributed by atoms with Gasteiger partial charge in [-0.05, 0) is 98.5 Å². The normalized spacial score (nSPS) is 14.8. The molecule has 0 amide bonds. The molecule has 174 valence electrons. The zero-order valence-electron chi connectivity index (χ0n) is 20.8. The van der Waals surface area contributed by atoms with E-state index in [2.05, 4.69) is 128 Å². The van der Waals surface area contributed by atoms with Crippen molar-refractivity contribution in [3.05, 3.63) is 125 Å². The predicted octanol–water partition coefficient (Wildman–Crippen LogP) is 9.52. The molecule has 2 aliphatic rings. The van der Waals surface area contributed by atoms with Gasteiger partial charge < -0.3 is 5.32 Å². The molecule has 5 aromatic carbocycles. The summed E-state index contributed by atoms with van der Waals surface area (Å²) in [5.41, 5.74) is 13.2. The second-order valence-electron chi connectivity index (χ2n) is 10.6. The van der Waals surface area contributed by atoms with Gasteiger partial charge in [-0.25, -0.2) is 0 Å². The molecule has 0 spiro atoms. The van der Waals surface area contributed by atoms with E-state index in [9.17, 15) is 0 Å². The third-order valence-corrected chi connectivity index (χ3v) is 8.10. The molecule has 0 atom stereocenters. The summed E-state index contributed by atoms with van der Waals surface area (Å²) in [7, 11) is 0. The summed E-state index contributed by atoms with van der Waals surface area (Å²) in [5.74, 6) is 0. The van der Waals surface area contributed by atoms with E-state index in [0.29, 0.717) is 0 Å². The minimum atomic E-state index is 0.0101. The quantitative estimate of drug-likeness (QED) is 0.281. The second kappa shape index (κ2) is 7.96. The van der Waals surface area contributed by atoms with Crippen LogP contribution in [0.15, 0.2) is 103 Å². The standard InChI is InChI=1S/C35H29N/c1-35(2)33-14-8-7-13-30(33)31-20-19-26(22-34(31)35)36-25-17-15-23(16-18-25)32-21-24-9-3-4-10-27(24)28-11-5-6-12-29(28)32/h4-8,10-22,36H,3,9H2,1-2H3. The van der Waals surface area contributed by atoms with Gasteiger partial charge in [-0.15, -0.1) is 0 Å². The average molecular weight is 464 g/mol. The molecule has 1 N–H and O–H groups in total. The van der Waals surface area contributed by atoms with E-state index in [1.807, 2.05) is 0 Å². The fourth-order valence-electron chi connectivity index (χ4n) is 6.22. The van der Waals surface area contributed by atoms with Crippen LogP contribution in [0.25, 0.3) is 39.1 Å². The minimum absolute atomic E-state index is 0.0101. The summed E-state index contributed by atoms with van der Waals surface area (Å²) >= 11 is 0. The van der Waals surface area contributed by atoms with Gasteiger partial charge in [0.05, 0.1) is 0 Å². The summed E-state index contributed by atoms with van der Waals surface area (Å²) < 4.78 is 0. The molecule has 5 aromatic rings. The van der Waals surface area contributed by atoms with Crippen molar-refractivity contribution in [1.82, 2.24) is 0 Å². The molecular weight excluding hydrogens is 434 g/mol. The Balaban J connectivity index is 1.22. The van der Waals surface area contributed by atoms with Gasteiger partial charge in [-0.2, -0.15) is 0 Å². The van der Waals surface area contributed by atoms with Gasteiger partial charge in [0.1, 0.15) is 0 Å². The lowest BCUT2D eigenvalue weighted by molar-refractivity contribution is 0.660. The molecule has 0 bridgehead atoms. The number of nitrogens with one attached hydrogen (secondary N) is 1. The zero-order chi connectivity index (χ0) is 24.3. The summed E-state index contributed by atoms with van der Waals surface area (Å²) in [4.78, 5) is 0. The van der Waals surface area contributed by atoms with Crippen LogP contribution < -0.4 is 5.32 Å². The molecule has 0 unspecified atom stereocenters. The Morgan fingerprint density at radius 3 is 2.22 bits per heavy atom. The Hall–Kier alpha value is -4.10. The van der Waals surface area contributed by atoms with E-state index in [1.54, 1.807) is 0 Å². The highest BCUT2D eigenvalue weighted by Crippen LogP contribution is 2.49. The molecule has 36 heavy (non-hydrogen) atoms. The van der Waals surface area contributed by atoms with Gasteiger partial charge in [-0.1, -0.05) is 92.7 Å². The molecule has 1 nitrogen and oxygen atoms in total. The van der Waals surface area contributed by atoms with Crippen molar-refractivity contribution < 1.29 is 0 Å². The third kappa shape index (κ3) is 3.23. The topological polar surface area (TPSA) is 12.0 Å². The molecule has 2 aliphatic carbocycles. The van der Waals surface area contributed by atoms with Crippen LogP contribution in [-0.2, 0) is 11.8 Å². The maximum Gasteiger partial charge on any atom is 0.0387 e. The maximum atomic E-state index is 3.65. The van der Waals surface area contributed by atoms with Crippen molar-refractivity contribution >= 4 is 28.2 Å². The van der Waals surface area contributed by atoms with Crippen molar-refractivity contribution in [1.29, 1.82) is 0 Å². The van der Waals surface area contributed by atoms with Crippen molar-refractivity contribution in [2.24, 2.45) is 0 Å². The smallest absolute Gasteiger partial charge is 0.0387 e. The molecule has 0 aromatic heterocycles. The number of hydrogen-bond donors (Lipinski definition) is 1. The van der Waals surface area contributed by atoms with Gasteiger partial charge >= 0.3 is 0 Å².